The van der Waals surface area contributed by atoms with Crippen molar-refractivity contribution in [3.63, 3.8) is 0 Å². The summed E-state index contributed by atoms with van der Waals surface area (Å²) in [6.07, 6.45) is 4.31. The maximum Gasteiger partial charge on any atom is 0.317 e. The van der Waals surface area contributed by atoms with Gasteiger partial charge in [-0.15, -0.1) is 0 Å². The van der Waals surface area contributed by atoms with Crippen LogP contribution in [0.4, 0.5) is 5.69 Å². The lowest BCUT2D eigenvalue weighted by atomic mass is 9.88. The highest BCUT2D eigenvalue weighted by molar-refractivity contribution is 7.80. The lowest BCUT2D eigenvalue weighted by Crippen LogP contribution is -2.44. The molecule has 1 aromatic carbocycles. The Hall–Kier alpha value is -1.95. The second kappa shape index (κ2) is 11.1. The topological polar surface area (TPSA) is 53.9 Å². The Labute approximate surface area is 174 Å². The molecule has 1 N–H and O–H groups in total. The van der Waals surface area contributed by atoms with Gasteiger partial charge in [0.2, 0.25) is 0 Å². The summed E-state index contributed by atoms with van der Waals surface area (Å²) in [6, 6.07) is 8.07. The van der Waals surface area contributed by atoms with Crippen LogP contribution in [0, 0.1) is 5.92 Å². The average molecular weight is 404 g/mol. The number of benzene rings is 1. The van der Waals surface area contributed by atoms with Gasteiger partial charge in [0.1, 0.15) is 5.92 Å². The molecule has 0 aromatic heterocycles. The van der Waals surface area contributed by atoms with Gasteiger partial charge in [-0.2, -0.15) is 0 Å². The van der Waals surface area contributed by atoms with Crippen molar-refractivity contribution >= 4 is 34.7 Å². The minimum absolute atomic E-state index is 0.231. The quantitative estimate of drug-likeness (QED) is 0.350. The number of unbranched alkanes of at least 4 members (excludes halogenated alkanes) is 3. The van der Waals surface area contributed by atoms with Gasteiger partial charge in [0.25, 0.3) is 0 Å². The molecule has 0 saturated heterocycles. The molecule has 2 rings (SSSR count). The van der Waals surface area contributed by atoms with Gasteiger partial charge in [-0.25, -0.2) is 4.99 Å². The van der Waals surface area contributed by atoms with Crippen LogP contribution in [0.1, 0.15) is 65.0 Å². The lowest BCUT2D eigenvalue weighted by molar-refractivity contribution is -0.147. The molecule has 0 aliphatic carbocycles. The summed E-state index contributed by atoms with van der Waals surface area (Å²) < 4.78 is 5.57. The van der Waals surface area contributed by atoms with Crippen LogP contribution >= 0.6 is 12.2 Å². The maximum absolute atomic E-state index is 12.8. The van der Waals surface area contributed by atoms with Crippen LogP contribution in [0.3, 0.4) is 0 Å². The van der Waals surface area contributed by atoms with Gasteiger partial charge in [-0.1, -0.05) is 38.3 Å². The average Bonchev–Trinajstić information content (AvgIpc) is 2.68. The van der Waals surface area contributed by atoms with E-state index in [1.54, 1.807) is 0 Å². The number of ether oxygens (including phenoxy) is 1. The smallest absolute Gasteiger partial charge is 0.317 e. The second-order valence-electron chi connectivity index (χ2n) is 7.15. The highest BCUT2D eigenvalue weighted by Crippen LogP contribution is 2.29. The molecular formula is C22H33N3O2S. The van der Waals surface area contributed by atoms with E-state index in [4.69, 9.17) is 17.0 Å². The van der Waals surface area contributed by atoms with E-state index >= 15 is 0 Å². The van der Waals surface area contributed by atoms with Crippen LogP contribution < -0.4 is 10.2 Å². The highest BCUT2D eigenvalue weighted by Gasteiger charge is 2.36. The van der Waals surface area contributed by atoms with Gasteiger partial charge >= 0.3 is 5.97 Å². The number of nitrogens with one attached hydrogen (secondary N) is 1. The maximum atomic E-state index is 12.8. The fourth-order valence-electron chi connectivity index (χ4n) is 3.57. The molecule has 2 atom stereocenters. The first-order chi connectivity index (χ1) is 13.5. The summed E-state index contributed by atoms with van der Waals surface area (Å²) in [7, 11) is 0. The highest BCUT2D eigenvalue weighted by atomic mass is 32.1. The van der Waals surface area contributed by atoms with Crippen LogP contribution in [0.5, 0.6) is 0 Å². The van der Waals surface area contributed by atoms with E-state index in [0.717, 1.165) is 37.9 Å². The Kier molecular flexibility index (Phi) is 8.90. The van der Waals surface area contributed by atoms with Crippen molar-refractivity contribution in [2.75, 3.05) is 24.6 Å². The predicted octanol–water partition coefficient (Wildman–Crippen LogP) is 4.66. The minimum Gasteiger partial charge on any atom is -0.465 e. The van der Waals surface area contributed by atoms with E-state index in [-0.39, 0.29) is 12.0 Å². The number of aliphatic imine (C=N–C) groups is 1. The summed E-state index contributed by atoms with van der Waals surface area (Å²) in [5, 5.41) is 3.63. The third-order valence-electron chi connectivity index (χ3n) is 5.22. The van der Waals surface area contributed by atoms with E-state index in [0.29, 0.717) is 17.4 Å². The summed E-state index contributed by atoms with van der Waals surface area (Å²) in [5.74, 6) is -0.692. The Morgan fingerprint density at radius 1 is 1.14 bits per heavy atom. The third kappa shape index (κ3) is 5.77. The summed E-state index contributed by atoms with van der Waals surface area (Å²) >= 11 is 5.28. The van der Waals surface area contributed by atoms with Crippen molar-refractivity contribution < 1.29 is 9.53 Å². The number of hydrogen-bond donors (Lipinski definition) is 1. The summed E-state index contributed by atoms with van der Waals surface area (Å²) in [5.41, 5.74) is 2.90. The Morgan fingerprint density at radius 2 is 1.82 bits per heavy atom. The van der Waals surface area contributed by atoms with E-state index in [1.807, 2.05) is 6.92 Å². The molecule has 1 heterocycles. The minimum atomic E-state index is -0.461. The van der Waals surface area contributed by atoms with Gasteiger partial charge in [0.05, 0.1) is 12.6 Å². The molecule has 28 heavy (non-hydrogen) atoms. The zero-order chi connectivity index (χ0) is 20.5. The van der Waals surface area contributed by atoms with Crippen LogP contribution in [-0.4, -0.2) is 36.5 Å². The molecule has 2 unspecified atom stereocenters. The molecule has 0 radical (unpaired) electrons. The molecule has 5 nitrogen and oxygen atoms in total. The first kappa shape index (κ1) is 22.3. The van der Waals surface area contributed by atoms with Crippen LogP contribution in [-0.2, 0) is 9.53 Å². The Bertz CT molecular complexity index is 684. The molecule has 1 aromatic rings. The number of nitrogens with zero attached hydrogens (tertiary/aromatic N) is 2. The fourth-order valence-corrected chi connectivity index (χ4v) is 3.85. The van der Waals surface area contributed by atoms with Gasteiger partial charge in [0, 0.05) is 24.5 Å². The first-order valence-corrected chi connectivity index (χ1v) is 10.8. The number of carbonyl (C=O) groups excluding carboxylic acids is 1. The van der Waals surface area contributed by atoms with Crippen LogP contribution in [0.2, 0.25) is 0 Å². The number of thiocarbonyl (C=S) groups is 1. The molecule has 1 aliphatic heterocycles. The van der Waals surface area contributed by atoms with Crippen molar-refractivity contribution in [1.29, 1.82) is 0 Å². The van der Waals surface area contributed by atoms with Crippen molar-refractivity contribution in [3.05, 3.63) is 29.8 Å². The van der Waals surface area contributed by atoms with Crippen LogP contribution in [0.25, 0.3) is 0 Å². The van der Waals surface area contributed by atoms with Gasteiger partial charge in [-0.05, 0) is 57.1 Å². The predicted molar refractivity (Wildman–Crippen MR) is 120 cm³/mol. The van der Waals surface area contributed by atoms with Crippen molar-refractivity contribution in [2.45, 2.75) is 59.4 Å². The SMILES string of the molecule is CCCCCCOC(=O)C1C(C)=NC(=S)NC1c1ccc(N(CC)CC)cc1. The van der Waals surface area contributed by atoms with Crippen molar-refractivity contribution in [2.24, 2.45) is 10.9 Å². The van der Waals surface area contributed by atoms with Gasteiger partial charge in [0.15, 0.2) is 5.11 Å². The lowest BCUT2D eigenvalue weighted by Gasteiger charge is -2.31. The molecule has 0 saturated carbocycles. The second-order valence-corrected chi connectivity index (χ2v) is 7.54. The Morgan fingerprint density at radius 3 is 2.43 bits per heavy atom. The Balaban J connectivity index is 2.14. The number of rotatable bonds is 10. The van der Waals surface area contributed by atoms with Gasteiger partial charge in [-0.3, -0.25) is 4.79 Å². The molecule has 0 amide bonds. The first-order valence-electron chi connectivity index (χ1n) is 10.4. The molecule has 154 valence electrons. The number of carbonyl (C=O) groups is 1. The molecule has 0 bridgehead atoms. The van der Waals surface area contributed by atoms with Crippen molar-refractivity contribution in [1.82, 2.24) is 5.32 Å². The van der Waals surface area contributed by atoms with E-state index in [9.17, 15) is 4.79 Å². The normalized spacial score (nSPS) is 19.0. The number of esters is 1. The standard InChI is InChI=1S/C22H33N3O2S/c1-5-8-9-10-15-27-21(26)19-16(4)23-22(28)24-20(19)17-11-13-18(14-12-17)25(6-2)7-3/h11-14,19-20H,5-10,15H2,1-4H3,(H,24,28). The van der Waals surface area contributed by atoms with E-state index in [2.05, 4.69) is 60.2 Å². The third-order valence-corrected chi connectivity index (χ3v) is 5.43. The zero-order valence-corrected chi connectivity index (χ0v) is 18.3. The number of hydrogen-bond acceptors (Lipinski definition) is 4. The summed E-state index contributed by atoms with van der Waals surface area (Å²) in [6.45, 7) is 10.7. The zero-order valence-electron chi connectivity index (χ0n) is 17.5. The largest absolute Gasteiger partial charge is 0.465 e. The van der Waals surface area contributed by atoms with Crippen LogP contribution in [0.15, 0.2) is 29.3 Å². The molecule has 6 heteroatoms. The summed E-state index contributed by atoms with van der Waals surface area (Å²) in [4.78, 5) is 19.4. The van der Waals surface area contributed by atoms with E-state index in [1.165, 1.54) is 12.1 Å². The molecule has 0 spiro atoms. The molecule has 1 aliphatic rings. The fraction of sp³-hybridized carbons (Fsp3) is 0.591. The monoisotopic (exact) mass is 403 g/mol. The van der Waals surface area contributed by atoms with E-state index < -0.39 is 5.92 Å². The molecule has 0 fully saturated rings. The van der Waals surface area contributed by atoms with Gasteiger partial charge < -0.3 is 15.0 Å². The number of anilines is 1. The van der Waals surface area contributed by atoms with Crippen molar-refractivity contribution in [3.8, 4) is 0 Å². The molecular weight excluding hydrogens is 370 g/mol.